The highest BCUT2D eigenvalue weighted by molar-refractivity contribution is 6.30. The minimum Gasteiger partial charge on any atom is -0.377 e. The maximum Gasteiger partial charge on any atom is 0.0885 e. The highest BCUT2D eigenvalue weighted by atomic mass is 35.5. The van der Waals surface area contributed by atoms with Crippen LogP contribution in [0.25, 0.3) is 5.69 Å². The molecule has 2 aromatic rings. The zero-order valence-corrected chi connectivity index (χ0v) is 14.2. The van der Waals surface area contributed by atoms with Crippen LogP contribution in [-0.4, -0.2) is 51.8 Å². The Bertz CT molecular complexity index is 744. The Hall–Kier alpha value is -2.34. The van der Waals surface area contributed by atoms with Gasteiger partial charge in [0.15, 0.2) is 0 Å². The number of rotatable bonds is 4. The molecule has 0 spiro atoms. The van der Waals surface area contributed by atoms with Gasteiger partial charge in [-0.2, -0.15) is 5.10 Å². The number of benzene rings is 1. The summed E-state index contributed by atoms with van der Waals surface area (Å²) in [5, 5.41) is 15.6. The molecule has 23 heavy (non-hydrogen) atoms. The fourth-order valence-corrected chi connectivity index (χ4v) is 2.49. The van der Waals surface area contributed by atoms with Gasteiger partial charge in [-0.25, -0.2) is 4.68 Å². The standard InChI is InChI=1S/C16H19ClN6/c1-12-16(11-22-9-8-15(10-18-22)21(2)3)23(20-19-12)14-6-4-13(17)5-7-14/h4-8,10H,9,11H2,1-3H3. The molecule has 3 rings (SSSR count). The monoisotopic (exact) mass is 330 g/mol. The van der Waals surface area contributed by atoms with Gasteiger partial charge in [0.05, 0.1) is 42.1 Å². The molecular weight excluding hydrogens is 312 g/mol. The summed E-state index contributed by atoms with van der Waals surface area (Å²) in [5.41, 5.74) is 3.97. The van der Waals surface area contributed by atoms with Gasteiger partial charge in [0.2, 0.25) is 0 Å². The van der Waals surface area contributed by atoms with E-state index in [1.54, 1.807) is 0 Å². The Morgan fingerprint density at radius 3 is 2.57 bits per heavy atom. The Morgan fingerprint density at radius 1 is 1.22 bits per heavy atom. The van der Waals surface area contributed by atoms with Gasteiger partial charge in [-0.15, -0.1) is 5.10 Å². The number of aryl methyl sites for hydroxylation is 1. The van der Waals surface area contributed by atoms with E-state index < -0.39 is 0 Å². The summed E-state index contributed by atoms with van der Waals surface area (Å²) >= 11 is 5.96. The average molecular weight is 331 g/mol. The Kier molecular flexibility index (Phi) is 4.34. The van der Waals surface area contributed by atoms with E-state index in [1.165, 1.54) is 0 Å². The third-order valence-corrected chi connectivity index (χ3v) is 3.99. The lowest BCUT2D eigenvalue weighted by Gasteiger charge is -2.24. The second-order valence-electron chi connectivity index (χ2n) is 5.62. The topological polar surface area (TPSA) is 49.6 Å². The molecular formula is C16H19ClN6. The molecule has 0 bridgehead atoms. The van der Waals surface area contributed by atoms with Crippen molar-refractivity contribution < 1.29 is 0 Å². The summed E-state index contributed by atoms with van der Waals surface area (Å²) in [7, 11) is 4.02. The van der Waals surface area contributed by atoms with Crippen molar-refractivity contribution >= 4 is 17.8 Å². The van der Waals surface area contributed by atoms with Gasteiger partial charge >= 0.3 is 0 Å². The molecule has 0 saturated heterocycles. The fourth-order valence-electron chi connectivity index (χ4n) is 2.36. The number of nitrogens with zero attached hydrogens (tertiary/aromatic N) is 6. The summed E-state index contributed by atoms with van der Waals surface area (Å²) in [6.45, 7) is 3.37. The Balaban J connectivity index is 1.81. The maximum absolute atomic E-state index is 5.96. The summed E-state index contributed by atoms with van der Waals surface area (Å²) in [4.78, 5) is 2.05. The summed E-state index contributed by atoms with van der Waals surface area (Å²) < 4.78 is 1.84. The molecule has 0 amide bonds. The number of hydrogen-bond donors (Lipinski definition) is 0. The lowest BCUT2D eigenvalue weighted by atomic mass is 10.2. The Labute approximate surface area is 140 Å². The van der Waals surface area contributed by atoms with Gasteiger partial charge in [-0.1, -0.05) is 16.8 Å². The second kappa shape index (κ2) is 6.42. The number of hydrogen-bond acceptors (Lipinski definition) is 5. The zero-order valence-electron chi connectivity index (χ0n) is 13.4. The van der Waals surface area contributed by atoms with Crippen LogP contribution in [-0.2, 0) is 6.54 Å². The third-order valence-electron chi connectivity index (χ3n) is 3.74. The molecule has 1 aliphatic rings. The quantitative estimate of drug-likeness (QED) is 0.864. The van der Waals surface area contributed by atoms with Gasteiger partial charge in [-0.3, -0.25) is 5.01 Å². The van der Waals surface area contributed by atoms with E-state index in [1.807, 2.05) is 66.1 Å². The van der Waals surface area contributed by atoms with Crippen molar-refractivity contribution in [2.24, 2.45) is 5.10 Å². The van der Waals surface area contributed by atoms with Crippen molar-refractivity contribution in [1.29, 1.82) is 0 Å². The predicted molar refractivity (Wildman–Crippen MR) is 91.8 cm³/mol. The molecule has 120 valence electrons. The molecule has 7 heteroatoms. The first-order chi connectivity index (χ1) is 11.0. The molecule has 0 saturated carbocycles. The minimum absolute atomic E-state index is 0.648. The number of halogens is 1. The first-order valence-electron chi connectivity index (χ1n) is 7.38. The molecule has 0 fully saturated rings. The lowest BCUT2D eigenvalue weighted by molar-refractivity contribution is 0.297. The normalized spacial score (nSPS) is 14.1. The molecule has 1 aromatic heterocycles. The molecule has 1 aliphatic heterocycles. The molecule has 6 nitrogen and oxygen atoms in total. The zero-order chi connectivity index (χ0) is 16.4. The van der Waals surface area contributed by atoms with Crippen LogP contribution in [0.1, 0.15) is 11.4 Å². The van der Waals surface area contributed by atoms with Gasteiger partial charge in [0.1, 0.15) is 0 Å². The van der Waals surface area contributed by atoms with Crippen molar-refractivity contribution in [3.8, 4) is 5.69 Å². The lowest BCUT2D eigenvalue weighted by Crippen LogP contribution is -2.26. The highest BCUT2D eigenvalue weighted by Gasteiger charge is 2.15. The SMILES string of the molecule is Cc1nnn(-c2ccc(Cl)cc2)c1CN1CC=C(N(C)C)C=N1. The average Bonchev–Trinajstić information content (AvgIpc) is 2.90. The van der Waals surface area contributed by atoms with Gasteiger partial charge in [0, 0.05) is 19.1 Å². The number of allylic oxidation sites excluding steroid dienone is 1. The molecule has 2 heterocycles. The van der Waals surface area contributed by atoms with E-state index in [0.717, 1.165) is 29.3 Å². The Morgan fingerprint density at radius 2 is 1.96 bits per heavy atom. The molecule has 0 N–H and O–H groups in total. The van der Waals surface area contributed by atoms with Gasteiger partial charge in [0.25, 0.3) is 0 Å². The number of aromatic nitrogens is 3. The third kappa shape index (κ3) is 3.37. The minimum atomic E-state index is 0.648. The van der Waals surface area contributed by atoms with Crippen LogP contribution in [0.5, 0.6) is 0 Å². The molecule has 0 radical (unpaired) electrons. The largest absolute Gasteiger partial charge is 0.377 e. The molecule has 1 aromatic carbocycles. The van der Waals surface area contributed by atoms with E-state index in [9.17, 15) is 0 Å². The van der Waals surface area contributed by atoms with Gasteiger partial charge < -0.3 is 4.90 Å². The number of hydrazone groups is 1. The van der Waals surface area contributed by atoms with Crippen LogP contribution < -0.4 is 0 Å². The van der Waals surface area contributed by atoms with Crippen LogP contribution in [0.3, 0.4) is 0 Å². The van der Waals surface area contributed by atoms with Gasteiger partial charge in [-0.05, 0) is 37.3 Å². The van der Waals surface area contributed by atoms with Crippen LogP contribution in [0.15, 0.2) is 41.1 Å². The van der Waals surface area contributed by atoms with Crippen molar-refractivity contribution in [3.05, 3.63) is 52.4 Å². The smallest absolute Gasteiger partial charge is 0.0885 e. The van der Waals surface area contributed by atoms with Crippen molar-refractivity contribution in [2.75, 3.05) is 20.6 Å². The molecule has 0 aliphatic carbocycles. The van der Waals surface area contributed by atoms with Crippen LogP contribution in [0, 0.1) is 6.92 Å². The maximum atomic E-state index is 5.96. The molecule has 0 unspecified atom stereocenters. The van der Waals surface area contributed by atoms with Crippen LogP contribution in [0.2, 0.25) is 5.02 Å². The fraction of sp³-hybridized carbons (Fsp3) is 0.312. The summed E-state index contributed by atoms with van der Waals surface area (Å²) in [6.07, 6.45) is 4.02. The second-order valence-corrected chi connectivity index (χ2v) is 6.06. The van der Waals surface area contributed by atoms with E-state index in [0.29, 0.717) is 11.6 Å². The predicted octanol–water partition coefficient (Wildman–Crippen LogP) is 2.48. The first kappa shape index (κ1) is 15.6. The van der Waals surface area contributed by atoms with Crippen LogP contribution in [0.4, 0.5) is 0 Å². The first-order valence-corrected chi connectivity index (χ1v) is 7.76. The van der Waals surface area contributed by atoms with Crippen LogP contribution >= 0.6 is 11.6 Å². The van der Waals surface area contributed by atoms with E-state index in [2.05, 4.69) is 21.5 Å². The van der Waals surface area contributed by atoms with Crippen molar-refractivity contribution in [1.82, 2.24) is 24.9 Å². The van der Waals surface area contributed by atoms with E-state index in [4.69, 9.17) is 11.6 Å². The van der Waals surface area contributed by atoms with E-state index >= 15 is 0 Å². The highest BCUT2D eigenvalue weighted by Crippen LogP contribution is 2.18. The summed E-state index contributed by atoms with van der Waals surface area (Å²) in [5.74, 6) is 0. The van der Waals surface area contributed by atoms with Crippen molar-refractivity contribution in [2.45, 2.75) is 13.5 Å². The van der Waals surface area contributed by atoms with Crippen molar-refractivity contribution in [3.63, 3.8) is 0 Å². The summed E-state index contributed by atoms with van der Waals surface area (Å²) in [6, 6.07) is 7.57. The molecule has 0 atom stereocenters. The van der Waals surface area contributed by atoms with E-state index in [-0.39, 0.29) is 0 Å².